The topological polar surface area (TPSA) is 71.1 Å². The first-order chi connectivity index (χ1) is 21.1. The molecule has 1 N–H and O–H groups in total. The fourth-order valence-electron chi connectivity index (χ4n) is 5.79. The molecule has 0 saturated carbocycles. The van der Waals surface area contributed by atoms with Crippen molar-refractivity contribution in [3.63, 3.8) is 0 Å². The molecular formula is C34H36F3N3O4. The number of carbonyl (C=O) groups excluding carboxylic acids is 2. The normalized spacial score (nSPS) is 18.2. The summed E-state index contributed by atoms with van der Waals surface area (Å²) in [6.07, 6.45) is -2.87. The second-order valence-electron chi connectivity index (χ2n) is 11.2. The number of rotatable bonds is 10. The van der Waals surface area contributed by atoms with E-state index in [4.69, 9.17) is 4.74 Å². The summed E-state index contributed by atoms with van der Waals surface area (Å²) in [7, 11) is 1.82. The Kier molecular flexibility index (Phi) is 9.58. The minimum absolute atomic E-state index is 0.000331. The van der Waals surface area contributed by atoms with Crippen LogP contribution in [0, 0.1) is 0 Å². The molecule has 2 heterocycles. The molecule has 0 spiro atoms. The van der Waals surface area contributed by atoms with E-state index < -0.39 is 6.36 Å². The van der Waals surface area contributed by atoms with Gasteiger partial charge in [0.1, 0.15) is 11.5 Å². The van der Waals surface area contributed by atoms with Gasteiger partial charge in [-0.05, 0) is 47.2 Å². The van der Waals surface area contributed by atoms with Gasteiger partial charge in [-0.3, -0.25) is 9.59 Å². The van der Waals surface area contributed by atoms with Crippen LogP contribution >= 0.6 is 0 Å². The number of fused-ring (bicyclic) bond motifs is 2. The lowest BCUT2D eigenvalue weighted by atomic mass is 9.82. The fraction of sp³-hybridized carbons (Fsp3) is 0.353. The van der Waals surface area contributed by atoms with Crippen molar-refractivity contribution in [2.75, 3.05) is 33.3 Å². The first-order valence-electron chi connectivity index (χ1n) is 14.7. The molecule has 2 amide bonds. The fourth-order valence-corrected chi connectivity index (χ4v) is 5.79. The molecule has 0 radical (unpaired) electrons. The first kappa shape index (κ1) is 31.1. The number of nitrogens with one attached hydrogen (secondary N) is 1. The Balaban J connectivity index is 1.30. The van der Waals surface area contributed by atoms with Gasteiger partial charge in [-0.25, -0.2) is 0 Å². The molecule has 2 bridgehead atoms. The average molecular weight is 608 g/mol. The quantitative estimate of drug-likeness (QED) is 0.341. The van der Waals surface area contributed by atoms with E-state index in [0.29, 0.717) is 38.0 Å². The zero-order valence-electron chi connectivity index (χ0n) is 24.8. The first-order valence-corrected chi connectivity index (χ1v) is 14.7. The summed E-state index contributed by atoms with van der Waals surface area (Å²) in [5.41, 5.74) is 4.79. The molecule has 5 rings (SSSR count). The van der Waals surface area contributed by atoms with E-state index in [1.165, 1.54) is 18.2 Å². The standard InChI is InChI=1S/C34H36F3N3O4/c1-23(41)40-21-27-19-30(32(31(22-40)38-27)33(42)39(2)17-15-24-7-4-3-5-8-24)26-13-11-25(12-14-26)16-18-43-28-9-6-10-29(20-28)44-34(35,36)37/h3-14,20,27,31,38H,15-19,21-22H2,1-2H3. The van der Waals surface area contributed by atoms with E-state index in [-0.39, 0.29) is 42.0 Å². The van der Waals surface area contributed by atoms with Crippen molar-refractivity contribution >= 4 is 17.4 Å². The van der Waals surface area contributed by atoms with E-state index in [9.17, 15) is 22.8 Å². The molecule has 232 valence electrons. The summed E-state index contributed by atoms with van der Waals surface area (Å²) < 4.78 is 47.2. The van der Waals surface area contributed by atoms with Crippen LogP contribution in [0.25, 0.3) is 5.57 Å². The van der Waals surface area contributed by atoms with E-state index >= 15 is 0 Å². The minimum Gasteiger partial charge on any atom is -0.493 e. The maximum atomic E-state index is 14.0. The van der Waals surface area contributed by atoms with Gasteiger partial charge in [-0.2, -0.15) is 0 Å². The zero-order chi connectivity index (χ0) is 31.3. The van der Waals surface area contributed by atoms with Gasteiger partial charge in [0.2, 0.25) is 5.91 Å². The Hall–Kier alpha value is -4.31. The highest BCUT2D eigenvalue weighted by Gasteiger charge is 2.39. The Labute approximate surface area is 255 Å². The predicted octanol–water partition coefficient (Wildman–Crippen LogP) is 5.25. The molecule has 3 aromatic carbocycles. The van der Waals surface area contributed by atoms with Crippen molar-refractivity contribution < 1.29 is 32.2 Å². The zero-order valence-corrected chi connectivity index (χ0v) is 24.8. The number of hydrogen-bond donors (Lipinski definition) is 1. The molecule has 44 heavy (non-hydrogen) atoms. The number of piperazine rings is 1. The van der Waals surface area contributed by atoms with Crippen LogP contribution in [0.15, 0.2) is 84.4 Å². The van der Waals surface area contributed by atoms with Gasteiger partial charge in [0, 0.05) is 57.7 Å². The molecule has 2 aliphatic rings. The smallest absolute Gasteiger partial charge is 0.493 e. The number of amides is 2. The van der Waals surface area contributed by atoms with Gasteiger partial charge < -0.3 is 24.6 Å². The van der Waals surface area contributed by atoms with Crippen molar-refractivity contribution in [2.45, 2.75) is 44.6 Å². The monoisotopic (exact) mass is 607 g/mol. The molecule has 2 aliphatic heterocycles. The molecule has 2 atom stereocenters. The Morgan fingerprint density at radius 3 is 2.34 bits per heavy atom. The number of hydrogen-bond acceptors (Lipinski definition) is 5. The van der Waals surface area contributed by atoms with E-state index in [2.05, 4.69) is 10.1 Å². The molecule has 7 nitrogen and oxygen atoms in total. The van der Waals surface area contributed by atoms with Crippen LogP contribution in [0.5, 0.6) is 11.5 Å². The molecule has 1 fully saturated rings. The van der Waals surface area contributed by atoms with Crippen LogP contribution in [0.4, 0.5) is 13.2 Å². The SMILES string of the molecule is CC(=O)N1CC2CC(c3ccc(CCOc4cccc(OC(F)(F)F)c4)cc3)=C(C(=O)N(C)CCc3ccccc3)C(C1)N2. The van der Waals surface area contributed by atoms with Crippen LogP contribution < -0.4 is 14.8 Å². The number of nitrogens with zero attached hydrogens (tertiary/aromatic N) is 2. The summed E-state index contributed by atoms with van der Waals surface area (Å²) in [6.45, 7) is 3.42. The Morgan fingerprint density at radius 1 is 0.932 bits per heavy atom. The lowest BCUT2D eigenvalue weighted by Crippen LogP contribution is -2.61. The number of alkyl halides is 3. The lowest BCUT2D eigenvalue weighted by molar-refractivity contribution is -0.274. The van der Waals surface area contributed by atoms with Gasteiger partial charge in [0.25, 0.3) is 5.91 Å². The van der Waals surface area contributed by atoms with Crippen molar-refractivity contribution in [1.82, 2.24) is 15.1 Å². The minimum atomic E-state index is -4.77. The number of likely N-dealkylation sites (N-methyl/N-ethyl adjacent to an activating group) is 1. The van der Waals surface area contributed by atoms with Crippen LogP contribution in [0.1, 0.15) is 30.0 Å². The Bertz CT molecular complexity index is 1490. The lowest BCUT2D eigenvalue weighted by Gasteiger charge is -2.44. The largest absolute Gasteiger partial charge is 0.573 e. The van der Waals surface area contributed by atoms with Gasteiger partial charge in [-0.1, -0.05) is 60.7 Å². The van der Waals surface area contributed by atoms with Crippen LogP contribution in [-0.2, 0) is 22.4 Å². The average Bonchev–Trinajstić information content (AvgIpc) is 2.99. The summed E-state index contributed by atoms with van der Waals surface area (Å²) >= 11 is 0. The molecule has 2 unspecified atom stereocenters. The third-order valence-corrected chi connectivity index (χ3v) is 8.01. The van der Waals surface area contributed by atoms with Crippen LogP contribution in [0.3, 0.4) is 0 Å². The molecule has 0 aromatic heterocycles. The van der Waals surface area contributed by atoms with Crippen molar-refractivity contribution in [2.24, 2.45) is 0 Å². The second-order valence-corrected chi connectivity index (χ2v) is 11.2. The van der Waals surface area contributed by atoms with Gasteiger partial charge >= 0.3 is 6.36 Å². The summed E-state index contributed by atoms with van der Waals surface area (Å²) in [5, 5.41) is 3.58. The number of ether oxygens (including phenoxy) is 2. The van der Waals surface area contributed by atoms with E-state index in [1.807, 2.05) is 66.5 Å². The van der Waals surface area contributed by atoms with Gasteiger partial charge in [-0.15, -0.1) is 13.2 Å². The van der Waals surface area contributed by atoms with Crippen LogP contribution in [-0.4, -0.2) is 73.3 Å². The molecule has 1 saturated heterocycles. The van der Waals surface area contributed by atoms with Crippen molar-refractivity contribution in [1.29, 1.82) is 0 Å². The summed E-state index contributed by atoms with van der Waals surface area (Å²) in [4.78, 5) is 29.8. The van der Waals surface area contributed by atoms with E-state index in [1.54, 1.807) is 17.9 Å². The maximum absolute atomic E-state index is 14.0. The van der Waals surface area contributed by atoms with Gasteiger partial charge in [0.05, 0.1) is 12.6 Å². The predicted molar refractivity (Wildman–Crippen MR) is 161 cm³/mol. The molecular weight excluding hydrogens is 571 g/mol. The highest BCUT2D eigenvalue weighted by molar-refractivity contribution is 6.03. The van der Waals surface area contributed by atoms with Crippen LogP contribution in [0.2, 0.25) is 0 Å². The summed E-state index contributed by atoms with van der Waals surface area (Å²) in [5.74, 6) is -0.0948. The van der Waals surface area contributed by atoms with Crippen molar-refractivity contribution in [3.05, 3.63) is 101 Å². The molecule has 0 aliphatic carbocycles. The maximum Gasteiger partial charge on any atom is 0.573 e. The van der Waals surface area contributed by atoms with Gasteiger partial charge in [0.15, 0.2) is 0 Å². The molecule has 3 aromatic rings. The highest BCUT2D eigenvalue weighted by Crippen LogP contribution is 2.34. The van der Waals surface area contributed by atoms with E-state index in [0.717, 1.165) is 28.7 Å². The third kappa shape index (κ3) is 7.99. The number of halogens is 3. The van der Waals surface area contributed by atoms with Crippen molar-refractivity contribution in [3.8, 4) is 11.5 Å². The Morgan fingerprint density at radius 2 is 1.64 bits per heavy atom. The number of benzene rings is 3. The highest BCUT2D eigenvalue weighted by atomic mass is 19.4. The number of carbonyl (C=O) groups is 2. The third-order valence-electron chi connectivity index (χ3n) is 8.01. The summed E-state index contributed by atoms with van der Waals surface area (Å²) in [6, 6.07) is 23.3. The molecule has 10 heteroatoms. The second kappa shape index (κ2) is 13.5.